The Kier molecular flexibility index (Phi) is 8.54. The summed E-state index contributed by atoms with van der Waals surface area (Å²) >= 11 is 0. The number of hydrazone groups is 1. The molecule has 5 rings (SSSR count). The Labute approximate surface area is 245 Å². The Bertz CT molecular complexity index is 1360. The minimum Gasteiger partial charge on any atom is -0.412 e. The zero-order chi connectivity index (χ0) is 31.1. The molecule has 1 atom stereocenters. The molecule has 43 heavy (non-hydrogen) atoms. The van der Waals surface area contributed by atoms with E-state index < -0.39 is 29.5 Å². The van der Waals surface area contributed by atoms with E-state index in [2.05, 4.69) is 16.1 Å². The molecule has 1 N–H and O–H groups in total. The third-order valence-electron chi connectivity index (χ3n) is 8.14. The Morgan fingerprint density at radius 1 is 1.05 bits per heavy atom. The molecule has 3 aliphatic rings. The van der Waals surface area contributed by atoms with Crippen molar-refractivity contribution >= 4 is 17.6 Å². The van der Waals surface area contributed by atoms with E-state index in [1.807, 2.05) is 26.0 Å². The first-order chi connectivity index (χ1) is 20.3. The predicted octanol–water partition coefficient (Wildman–Crippen LogP) is 6.87. The van der Waals surface area contributed by atoms with E-state index in [0.29, 0.717) is 51.1 Å². The van der Waals surface area contributed by atoms with Crippen LogP contribution in [0.4, 0.5) is 32.0 Å². The van der Waals surface area contributed by atoms with Gasteiger partial charge in [0, 0.05) is 43.7 Å². The number of halogens is 6. The van der Waals surface area contributed by atoms with E-state index in [4.69, 9.17) is 4.74 Å². The van der Waals surface area contributed by atoms with Crippen LogP contribution in [-0.2, 0) is 41.6 Å². The van der Waals surface area contributed by atoms with E-state index in [0.717, 1.165) is 28.8 Å². The number of carbonyl (C=O) groups is 1. The monoisotopic (exact) mass is 611 g/mol. The summed E-state index contributed by atoms with van der Waals surface area (Å²) in [7, 11) is 1.57. The summed E-state index contributed by atoms with van der Waals surface area (Å²) in [5.74, 6) is -0.113. The zero-order valence-electron chi connectivity index (χ0n) is 24.0. The molecule has 2 aromatic carbocycles. The molecule has 0 unspecified atom stereocenters. The van der Waals surface area contributed by atoms with Crippen molar-refractivity contribution in [1.29, 1.82) is 0 Å². The van der Waals surface area contributed by atoms with Gasteiger partial charge in [-0.05, 0) is 72.2 Å². The molecule has 8 nitrogen and oxygen atoms in total. The number of hydrogen-bond acceptors (Lipinski definition) is 6. The minimum absolute atomic E-state index is 0.0192. The fourth-order valence-electron chi connectivity index (χ4n) is 5.91. The lowest BCUT2D eigenvalue weighted by Gasteiger charge is -2.40. The van der Waals surface area contributed by atoms with E-state index in [-0.39, 0.29) is 36.0 Å². The van der Waals surface area contributed by atoms with Gasteiger partial charge in [0.25, 0.3) is 0 Å². The third kappa shape index (κ3) is 6.40. The lowest BCUT2D eigenvalue weighted by atomic mass is 9.94. The van der Waals surface area contributed by atoms with Crippen molar-refractivity contribution in [3.8, 4) is 0 Å². The molecule has 0 saturated carbocycles. The number of rotatable bonds is 6. The Morgan fingerprint density at radius 2 is 1.67 bits per heavy atom. The normalized spacial score (nSPS) is 18.7. The first-order valence-corrected chi connectivity index (χ1v) is 14.2. The number of hydrazine groups is 1. The number of hydrogen-bond donors (Lipinski definition) is 1. The van der Waals surface area contributed by atoms with Crippen molar-refractivity contribution in [3.05, 3.63) is 69.1 Å². The molecule has 3 heterocycles. The highest BCUT2D eigenvalue weighted by atomic mass is 19.4. The van der Waals surface area contributed by atoms with E-state index in [9.17, 15) is 31.1 Å². The Hall–Kier alpha value is -3.52. The van der Waals surface area contributed by atoms with Crippen LogP contribution in [0.1, 0.15) is 79.0 Å². The number of carbonyl (C=O) groups excluding carboxylic acids is 1. The number of nitrogens with one attached hydrogen (secondary N) is 1. The maximum absolute atomic E-state index is 13.7. The Morgan fingerprint density at radius 3 is 2.23 bits per heavy atom. The highest BCUT2D eigenvalue weighted by Crippen LogP contribution is 2.43. The maximum atomic E-state index is 13.7. The van der Waals surface area contributed by atoms with Crippen LogP contribution in [0.3, 0.4) is 0 Å². The van der Waals surface area contributed by atoms with Gasteiger partial charge in [-0.3, -0.25) is 15.0 Å². The first-order valence-electron chi connectivity index (χ1n) is 14.2. The summed E-state index contributed by atoms with van der Waals surface area (Å²) in [6.07, 6.45) is -7.66. The quantitative estimate of drug-likeness (QED) is 0.361. The highest BCUT2D eigenvalue weighted by Gasteiger charge is 2.38. The van der Waals surface area contributed by atoms with Crippen LogP contribution in [0.15, 0.2) is 35.4 Å². The van der Waals surface area contributed by atoms with Crippen molar-refractivity contribution < 1.29 is 35.9 Å². The summed E-state index contributed by atoms with van der Waals surface area (Å²) in [5, 5.41) is 5.63. The minimum atomic E-state index is -4.98. The van der Waals surface area contributed by atoms with Crippen LogP contribution >= 0.6 is 0 Å². The average molecular weight is 612 g/mol. The van der Waals surface area contributed by atoms with Gasteiger partial charge in [-0.1, -0.05) is 19.9 Å². The topological polar surface area (TPSA) is 74.5 Å². The highest BCUT2D eigenvalue weighted by molar-refractivity contribution is 5.97. The van der Waals surface area contributed by atoms with Crippen LogP contribution < -0.4 is 10.4 Å². The van der Waals surface area contributed by atoms with Gasteiger partial charge in [0.05, 0.1) is 24.3 Å². The van der Waals surface area contributed by atoms with Gasteiger partial charge in [-0.2, -0.15) is 31.9 Å². The molecular weight excluding hydrogens is 578 g/mol. The lowest BCUT2D eigenvalue weighted by Crippen LogP contribution is -2.37. The number of anilines is 1. The van der Waals surface area contributed by atoms with Crippen molar-refractivity contribution in [3.63, 3.8) is 0 Å². The van der Waals surface area contributed by atoms with Gasteiger partial charge in [-0.25, -0.2) is 0 Å². The smallest absolute Gasteiger partial charge is 0.412 e. The molecule has 0 saturated heterocycles. The van der Waals surface area contributed by atoms with Gasteiger partial charge in [0.15, 0.2) is 0 Å². The molecule has 3 aliphatic heterocycles. The molecule has 14 heteroatoms. The second-order valence-corrected chi connectivity index (χ2v) is 11.0. The van der Waals surface area contributed by atoms with E-state index in [1.54, 1.807) is 16.8 Å². The number of alkyl halides is 6. The van der Waals surface area contributed by atoms with Crippen molar-refractivity contribution in [2.75, 3.05) is 18.5 Å². The Balaban J connectivity index is 1.64. The number of benzene rings is 2. The molecule has 0 spiro atoms. The fraction of sp³-hybridized carbons (Fsp3) is 0.517. The molecule has 0 radical (unpaired) electrons. The summed E-state index contributed by atoms with van der Waals surface area (Å²) in [6.45, 7) is 4.72. The molecule has 0 bridgehead atoms. The van der Waals surface area contributed by atoms with Crippen LogP contribution in [-0.4, -0.2) is 35.5 Å². The third-order valence-corrected chi connectivity index (χ3v) is 8.14. The van der Waals surface area contributed by atoms with Crippen molar-refractivity contribution in [2.45, 2.75) is 77.7 Å². The van der Waals surface area contributed by atoms with Gasteiger partial charge in [0.1, 0.15) is 0 Å². The summed E-state index contributed by atoms with van der Waals surface area (Å²) in [5.41, 5.74) is 7.12. The fourth-order valence-corrected chi connectivity index (χ4v) is 5.91. The van der Waals surface area contributed by atoms with Crippen molar-refractivity contribution in [2.24, 2.45) is 11.0 Å². The largest absolute Gasteiger partial charge is 0.416 e. The lowest BCUT2D eigenvalue weighted by molar-refractivity contribution is -0.143. The van der Waals surface area contributed by atoms with Gasteiger partial charge < -0.3 is 20.0 Å². The standard InChI is InChI=1S/C29H33F6N6O2/c1-4-18(5-2)26(42)40-8-6-7-24(23-11-19-15-43-16-20(19)12-25(23)40)41(27-36-38-39(3)37-27)14-17-9-21(28(30,31)32)13-22(10-17)29(33,34)35/h9-13,18,24,38H,4-8,14-16H2,1-3H3/q-1/t24-/m0/s1. The van der Waals surface area contributed by atoms with Crippen LogP contribution in [0.2, 0.25) is 0 Å². The van der Waals surface area contributed by atoms with Gasteiger partial charge in [-0.15, -0.1) is 0 Å². The number of guanidine groups is 1. The molecule has 0 aliphatic carbocycles. The SMILES string of the molecule is CCC(CC)C(=O)N1CCC[C@H](N(Cc2cc(C(F)(F)F)cc(C(F)(F)F)c2)C2=NN(C)N[N-]2)c2cc3c(cc21)COC3. The van der Waals surface area contributed by atoms with Gasteiger partial charge in [0.2, 0.25) is 5.91 Å². The second-order valence-electron chi connectivity index (χ2n) is 11.0. The number of amides is 1. The zero-order valence-corrected chi connectivity index (χ0v) is 24.0. The summed E-state index contributed by atoms with van der Waals surface area (Å²) in [4.78, 5) is 17.1. The predicted molar refractivity (Wildman–Crippen MR) is 147 cm³/mol. The van der Waals surface area contributed by atoms with Crippen molar-refractivity contribution in [1.82, 2.24) is 15.6 Å². The molecular formula is C29H33F6N6O2-. The molecule has 234 valence electrons. The first kappa shape index (κ1) is 30.9. The second kappa shape index (κ2) is 11.9. The van der Waals surface area contributed by atoms with Crippen LogP contribution in [0, 0.1) is 5.92 Å². The van der Waals surface area contributed by atoms with Crippen LogP contribution in [0.25, 0.3) is 5.43 Å². The number of nitrogens with zero attached hydrogens (tertiary/aromatic N) is 5. The molecule has 1 amide bonds. The summed E-state index contributed by atoms with van der Waals surface area (Å²) in [6, 6.07) is 4.87. The molecule has 0 aromatic heterocycles. The maximum Gasteiger partial charge on any atom is 0.416 e. The van der Waals surface area contributed by atoms with Crippen LogP contribution in [0.5, 0.6) is 0 Å². The van der Waals surface area contributed by atoms with E-state index >= 15 is 0 Å². The summed E-state index contributed by atoms with van der Waals surface area (Å²) < 4.78 is 87.9. The molecule has 2 aromatic rings. The number of fused-ring (bicyclic) bond motifs is 2. The van der Waals surface area contributed by atoms with Gasteiger partial charge >= 0.3 is 12.4 Å². The van der Waals surface area contributed by atoms with E-state index in [1.165, 1.54) is 5.12 Å². The average Bonchev–Trinajstić information content (AvgIpc) is 3.55. The molecule has 0 fully saturated rings. The number of ether oxygens (including phenoxy) is 1.